The van der Waals surface area contributed by atoms with Crippen molar-refractivity contribution in [2.75, 3.05) is 14.1 Å². The lowest BCUT2D eigenvalue weighted by atomic mass is 9.99. The maximum atomic E-state index is 9.90. The second-order valence-corrected chi connectivity index (χ2v) is 6.42. The number of thioether (sulfide) groups is 1. The van der Waals surface area contributed by atoms with Crippen molar-refractivity contribution in [3.05, 3.63) is 30.4 Å². The van der Waals surface area contributed by atoms with E-state index >= 15 is 0 Å². The molecule has 2 fully saturated rings. The summed E-state index contributed by atoms with van der Waals surface area (Å²) < 4.78 is 0. The summed E-state index contributed by atoms with van der Waals surface area (Å²) in [5.74, 6) is 1.39. The molecule has 0 heterocycles. The molecule has 2 rings (SSSR count). The van der Waals surface area contributed by atoms with Crippen LogP contribution >= 0.6 is 11.8 Å². The highest BCUT2D eigenvalue weighted by atomic mass is 32.2. The summed E-state index contributed by atoms with van der Waals surface area (Å²) in [6.07, 6.45) is 9.68. The standard InChI is InChI=1S/C14H22NOS/c1-10(15(2)3)11-6-4-8-13(11)17-14-9-5-7-12(14)16/h4,6,8,10,12,14,16H,5,7,9H2,1-3H3/t10-,12+,14+/m0/s1. The fourth-order valence-corrected chi connectivity index (χ4v) is 3.79. The molecule has 3 heteroatoms. The Bertz CT molecular complexity index is 246. The van der Waals surface area contributed by atoms with Gasteiger partial charge in [-0.3, -0.25) is 0 Å². The van der Waals surface area contributed by atoms with Crippen LogP contribution in [0.4, 0.5) is 0 Å². The molecule has 0 saturated heterocycles. The van der Waals surface area contributed by atoms with Gasteiger partial charge in [0.25, 0.3) is 0 Å². The van der Waals surface area contributed by atoms with E-state index < -0.39 is 0 Å². The van der Waals surface area contributed by atoms with E-state index in [1.807, 2.05) is 11.8 Å². The Morgan fingerprint density at radius 3 is 2.71 bits per heavy atom. The van der Waals surface area contributed by atoms with Gasteiger partial charge in [0.1, 0.15) is 0 Å². The minimum atomic E-state index is -0.114. The highest BCUT2D eigenvalue weighted by Gasteiger charge is 2.38. The number of hydrogen-bond acceptors (Lipinski definition) is 3. The molecule has 1 N–H and O–H groups in total. The topological polar surface area (TPSA) is 23.5 Å². The second kappa shape index (κ2) is 5.94. The van der Waals surface area contributed by atoms with Crippen LogP contribution in [0.1, 0.15) is 26.2 Å². The van der Waals surface area contributed by atoms with Gasteiger partial charge >= 0.3 is 0 Å². The number of aliphatic hydroxyl groups excluding tert-OH is 1. The zero-order valence-corrected chi connectivity index (χ0v) is 11.7. The summed E-state index contributed by atoms with van der Waals surface area (Å²) in [6.45, 7) is 2.23. The van der Waals surface area contributed by atoms with Gasteiger partial charge in [0, 0.05) is 22.5 Å². The highest BCUT2D eigenvalue weighted by Crippen LogP contribution is 2.48. The minimum Gasteiger partial charge on any atom is -0.392 e. The van der Waals surface area contributed by atoms with Gasteiger partial charge in [-0.1, -0.05) is 0 Å². The molecule has 0 aromatic heterocycles. The molecule has 0 aromatic carbocycles. The molecule has 0 aliphatic heterocycles. The Kier molecular flexibility index (Phi) is 4.79. The van der Waals surface area contributed by atoms with Crippen molar-refractivity contribution in [2.45, 2.75) is 43.6 Å². The van der Waals surface area contributed by atoms with E-state index in [1.54, 1.807) is 0 Å². The molecule has 0 unspecified atom stereocenters. The van der Waals surface area contributed by atoms with Crippen molar-refractivity contribution in [2.24, 2.45) is 0 Å². The lowest BCUT2D eigenvalue weighted by Gasteiger charge is -2.31. The lowest BCUT2D eigenvalue weighted by molar-refractivity contribution is 0.188. The van der Waals surface area contributed by atoms with Crippen LogP contribution in [-0.4, -0.2) is 41.5 Å². The summed E-state index contributed by atoms with van der Waals surface area (Å²) in [4.78, 5) is 2.23. The fraction of sp³-hybridized carbons (Fsp3) is 0.643. The molecule has 0 aromatic rings. The third-order valence-electron chi connectivity index (χ3n) is 3.73. The molecule has 3 atom stereocenters. The van der Waals surface area contributed by atoms with Crippen LogP contribution in [0.5, 0.6) is 0 Å². The Balaban J connectivity index is 1.90. The fourth-order valence-electron chi connectivity index (χ4n) is 2.36. The molecule has 2 saturated carbocycles. The van der Waals surface area contributed by atoms with Crippen LogP contribution in [0, 0.1) is 30.4 Å². The summed E-state index contributed by atoms with van der Waals surface area (Å²) >= 11 is 1.86. The first kappa shape index (κ1) is 13.7. The quantitative estimate of drug-likeness (QED) is 0.830. The number of aliphatic hydroxyl groups is 1. The normalized spacial score (nSPS) is 33.7. The van der Waals surface area contributed by atoms with Crippen LogP contribution in [0.2, 0.25) is 0 Å². The Morgan fingerprint density at radius 2 is 2.12 bits per heavy atom. The van der Waals surface area contributed by atoms with E-state index in [9.17, 15) is 5.11 Å². The number of hydrogen-bond donors (Lipinski definition) is 1. The minimum absolute atomic E-state index is 0.114. The van der Waals surface area contributed by atoms with Crippen molar-refractivity contribution in [3.8, 4) is 0 Å². The smallest absolute Gasteiger partial charge is 0.0659 e. The van der Waals surface area contributed by atoms with E-state index in [2.05, 4.69) is 45.2 Å². The third-order valence-corrected chi connectivity index (χ3v) is 5.21. The first-order valence-corrected chi connectivity index (χ1v) is 7.24. The molecule has 2 nitrogen and oxygen atoms in total. The highest BCUT2D eigenvalue weighted by molar-refractivity contribution is 8.03. The van der Waals surface area contributed by atoms with Crippen molar-refractivity contribution in [1.29, 1.82) is 0 Å². The Hall–Kier alpha value is 0.270. The SMILES string of the molecule is C[C@@H]([C]1[CH][CH][CH][C]1S[C@@H]1CCC[C@H]1O)N(C)C. The first-order chi connectivity index (χ1) is 8.09. The number of rotatable bonds is 4. The van der Waals surface area contributed by atoms with Crippen molar-refractivity contribution >= 4 is 11.8 Å². The van der Waals surface area contributed by atoms with E-state index in [1.165, 1.54) is 11.2 Å². The second-order valence-electron chi connectivity index (χ2n) is 5.14. The molecule has 2 aliphatic carbocycles. The molecule has 95 valence electrons. The third kappa shape index (κ3) is 3.18. The van der Waals surface area contributed by atoms with Crippen LogP contribution in [0.3, 0.4) is 0 Å². The predicted octanol–water partition coefficient (Wildman–Crippen LogP) is 2.32. The molecule has 0 amide bonds. The van der Waals surface area contributed by atoms with Crippen molar-refractivity contribution in [3.63, 3.8) is 0 Å². The Morgan fingerprint density at radius 1 is 1.35 bits per heavy atom. The van der Waals surface area contributed by atoms with Gasteiger partial charge < -0.3 is 10.0 Å². The van der Waals surface area contributed by atoms with Gasteiger partial charge in [0.2, 0.25) is 0 Å². The molecule has 2 aliphatic rings. The molecule has 17 heavy (non-hydrogen) atoms. The van der Waals surface area contributed by atoms with Crippen LogP contribution in [-0.2, 0) is 0 Å². The van der Waals surface area contributed by atoms with Crippen LogP contribution in [0.15, 0.2) is 0 Å². The van der Waals surface area contributed by atoms with Gasteiger partial charge in [-0.15, -0.1) is 11.8 Å². The molecule has 0 spiro atoms. The van der Waals surface area contributed by atoms with Gasteiger partial charge in [-0.05, 0) is 59.5 Å². The Labute approximate surface area is 110 Å². The maximum absolute atomic E-state index is 9.90. The molecule has 5 radical (unpaired) electrons. The van der Waals surface area contributed by atoms with Crippen molar-refractivity contribution < 1.29 is 5.11 Å². The molecule has 0 bridgehead atoms. The summed E-state index contributed by atoms with van der Waals surface area (Å²) in [7, 11) is 4.22. The van der Waals surface area contributed by atoms with E-state index in [0.717, 1.165) is 19.3 Å². The average molecular weight is 252 g/mol. The summed E-state index contributed by atoms with van der Waals surface area (Å²) in [6, 6.07) is 0.436. The van der Waals surface area contributed by atoms with Gasteiger partial charge in [-0.25, -0.2) is 0 Å². The van der Waals surface area contributed by atoms with Gasteiger partial charge in [0.05, 0.1) is 6.10 Å². The van der Waals surface area contributed by atoms with Crippen molar-refractivity contribution in [1.82, 2.24) is 4.90 Å². The van der Waals surface area contributed by atoms with Gasteiger partial charge in [0.15, 0.2) is 0 Å². The van der Waals surface area contributed by atoms with E-state index in [0.29, 0.717) is 11.3 Å². The predicted molar refractivity (Wildman–Crippen MR) is 73.8 cm³/mol. The first-order valence-electron chi connectivity index (χ1n) is 6.36. The number of nitrogens with zero attached hydrogens (tertiary/aromatic N) is 1. The maximum Gasteiger partial charge on any atom is 0.0659 e. The molecular formula is C14H22NOS. The van der Waals surface area contributed by atoms with Crippen LogP contribution in [0.25, 0.3) is 0 Å². The molecular weight excluding hydrogens is 230 g/mol. The summed E-state index contributed by atoms with van der Waals surface area (Å²) in [5, 5.41) is 11.6. The zero-order chi connectivity index (χ0) is 12.4. The lowest BCUT2D eigenvalue weighted by Crippen LogP contribution is -2.32. The van der Waals surface area contributed by atoms with Crippen LogP contribution < -0.4 is 0 Å². The van der Waals surface area contributed by atoms with E-state index in [-0.39, 0.29) is 6.10 Å². The van der Waals surface area contributed by atoms with Gasteiger partial charge in [-0.2, -0.15) is 0 Å². The monoisotopic (exact) mass is 252 g/mol. The summed E-state index contributed by atoms with van der Waals surface area (Å²) in [5.41, 5.74) is 0. The largest absolute Gasteiger partial charge is 0.392 e. The van der Waals surface area contributed by atoms with E-state index in [4.69, 9.17) is 0 Å². The average Bonchev–Trinajstić information content (AvgIpc) is 2.88. The zero-order valence-electron chi connectivity index (χ0n) is 10.9.